The summed E-state index contributed by atoms with van der Waals surface area (Å²) in [4.78, 5) is 1.44. The summed E-state index contributed by atoms with van der Waals surface area (Å²) in [5.41, 5.74) is 0. The Morgan fingerprint density at radius 1 is 1.55 bits per heavy atom. The van der Waals surface area contributed by atoms with Crippen LogP contribution < -0.4 is 0 Å². The minimum atomic E-state index is 0.667. The molecule has 1 aromatic heterocycles. The van der Waals surface area contributed by atoms with Crippen molar-refractivity contribution < 1.29 is 0 Å². The van der Waals surface area contributed by atoms with Gasteiger partial charge in [0.25, 0.3) is 0 Å². The van der Waals surface area contributed by atoms with E-state index in [4.69, 9.17) is 0 Å². The zero-order valence-corrected chi connectivity index (χ0v) is 10.5. The van der Waals surface area contributed by atoms with Crippen molar-refractivity contribution in [2.75, 3.05) is 0 Å². The van der Waals surface area contributed by atoms with E-state index in [1.54, 1.807) is 0 Å². The van der Waals surface area contributed by atoms with Gasteiger partial charge < -0.3 is 0 Å². The lowest BCUT2D eigenvalue weighted by molar-refractivity contribution is 0.745. The molecule has 1 heterocycles. The van der Waals surface area contributed by atoms with Gasteiger partial charge in [0, 0.05) is 9.35 Å². The molecular weight excluding hydrogens is 288 g/mol. The highest BCUT2D eigenvalue weighted by Crippen LogP contribution is 2.37. The fourth-order valence-corrected chi connectivity index (χ4v) is 3.86. The maximum Gasteiger partial charge on any atom is 0.0713 e. The maximum absolute atomic E-state index is 3.54. The average Bonchev–Trinajstić information content (AvgIpc) is 2.28. The summed E-state index contributed by atoms with van der Waals surface area (Å²) in [5, 5.41) is 0. The van der Waals surface area contributed by atoms with Crippen LogP contribution in [0.25, 0.3) is 0 Å². The molecule has 0 fully saturated rings. The molecule has 3 heteroatoms. The van der Waals surface area contributed by atoms with E-state index >= 15 is 0 Å². The molecule has 0 saturated carbocycles. The van der Waals surface area contributed by atoms with Gasteiger partial charge in [0.05, 0.1) is 3.79 Å². The quantitative estimate of drug-likeness (QED) is 0.736. The molecule has 1 rings (SSSR count). The zero-order chi connectivity index (χ0) is 8.43. The summed E-state index contributed by atoms with van der Waals surface area (Å²) in [6.45, 7) is 4.47. The zero-order valence-electron chi connectivity index (χ0n) is 6.53. The molecule has 0 aliphatic rings. The highest BCUT2D eigenvalue weighted by atomic mass is 79.9. The van der Waals surface area contributed by atoms with Gasteiger partial charge in [-0.3, -0.25) is 0 Å². The SMILES string of the molecule is CCC(C)c1sc(Br)cc1Br. The Kier molecular flexibility index (Phi) is 3.59. The minimum Gasteiger partial charge on any atom is -0.132 e. The molecule has 0 saturated heterocycles. The standard InChI is InChI=1S/C8H10Br2S/c1-3-5(2)8-6(9)4-7(10)11-8/h4-5H,3H2,1-2H3. The second-order valence-corrected chi connectivity index (χ2v) is 5.89. The fourth-order valence-electron chi connectivity index (χ4n) is 0.875. The molecule has 11 heavy (non-hydrogen) atoms. The van der Waals surface area contributed by atoms with Gasteiger partial charge in [-0.05, 0) is 50.3 Å². The van der Waals surface area contributed by atoms with Crippen molar-refractivity contribution in [2.24, 2.45) is 0 Å². The summed E-state index contributed by atoms with van der Waals surface area (Å²) in [5.74, 6) is 0.667. The molecule has 0 spiro atoms. The highest BCUT2D eigenvalue weighted by molar-refractivity contribution is 9.11. The molecular formula is C8H10Br2S. The summed E-state index contributed by atoms with van der Waals surface area (Å²) in [6, 6.07) is 2.12. The van der Waals surface area contributed by atoms with E-state index in [9.17, 15) is 0 Å². The smallest absolute Gasteiger partial charge is 0.0713 e. The van der Waals surface area contributed by atoms with Gasteiger partial charge in [-0.2, -0.15) is 0 Å². The van der Waals surface area contributed by atoms with E-state index in [-0.39, 0.29) is 0 Å². The van der Waals surface area contributed by atoms with Crippen LogP contribution in [0.1, 0.15) is 31.1 Å². The highest BCUT2D eigenvalue weighted by Gasteiger charge is 2.10. The van der Waals surface area contributed by atoms with Gasteiger partial charge in [-0.25, -0.2) is 0 Å². The monoisotopic (exact) mass is 296 g/mol. The Labute approximate surface area is 88.3 Å². The number of hydrogen-bond acceptors (Lipinski definition) is 1. The molecule has 62 valence electrons. The molecule has 0 aromatic carbocycles. The molecule has 1 aromatic rings. The largest absolute Gasteiger partial charge is 0.132 e. The van der Waals surface area contributed by atoms with Gasteiger partial charge in [-0.15, -0.1) is 11.3 Å². The van der Waals surface area contributed by atoms with Crippen LogP contribution in [0, 0.1) is 0 Å². The van der Waals surface area contributed by atoms with E-state index in [0.717, 1.165) is 0 Å². The van der Waals surface area contributed by atoms with E-state index in [1.807, 2.05) is 11.3 Å². The molecule has 0 radical (unpaired) electrons. The van der Waals surface area contributed by atoms with Crippen molar-refractivity contribution in [1.29, 1.82) is 0 Å². The summed E-state index contributed by atoms with van der Waals surface area (Å²) < 4.78 is 2.45. The number of hydrogen-bond donors (Lipinski definition) is 0. The van der Waals surface area contributed by atoms with Crippen LogP contribution in [0.3, 0.4) is 0 Å². The van der Waals surface area contributed by atoms with Gasteiger partial charge in [0.2, 0.25) is 0 Å². The molecule has 0 bridgehead atoms. The van der Waals surface area contributed by atoms with Crippen LogP contribution in [0.5, 0.6) is 0 Å². The van der Waals surface area contributed by atoms with Crippen molar-refractivity contribution in [2.45, 2.75) is 26.2 Å². The maximum atomic E-state index is 3.54. The first-order valence-electron chi connectivity index (χ1n) is 3.59. The van der Waals surface area contributed by atoms with Crippen LogP contribution in [0.4, 0.5) is 0 Å². The third kappa shape index (κ3) is 2.30. The van der Waals surface area contributed by atoms with Crippen LogP contribution >= 0.6 is 43.2 Å². The molecule has 0 aliphatic heterocycles. The van der Waals surface area contributed by atoms with Gasteiger partial charge in [0.1, 0.15) is 0 Å². The number of halogens is 2. The number of rotatable bonds is 2. The third-order valence-electron chi connectivity index (χ3n) is 1.74. The van der Waals surface area contributed by atoms with Crippen molar-refractivity contribution >= 4 is 43.2 Å². The second-order valence-electron chi connectivity index (χ2n) is 2.57. The minimum absolute atomic E-state index is 0.667. The van der Waals surface area contributed by atoms with Crippen LogP contribution in [0.2, 0.25) is 0 Å². The predicted molar refractivity (Wildman–Crippen MR) is 58.4 cm³/mol. The summed E-state index contributed by atoms with van der Waals surface area (Å²) in [6.07, 6.45) is 1.20. The Bertz CT molecular complexity index is 242. The first-order chi connectivity index (χ1) is 5.15. The summed E-state index contributed by atoms with van der Waals surface area (Å²) in [7, 11) is 0. The Morgan fingerprint density at radius 3 is 2.55 bits per heavy atom. The Balaban J connectivity index is 2.93. The van der Waals surface area contributed by atoms with Crippen molar-refractivity contribution in [3.63, 3.8) is 0 Å². The molecule has 0 aliphatic carbocycles. The van der Waals surface area contributed by atoms with Gasteiger partial charge in [0.15, 0.2) is 0 Å². The summed E-state index contributed by atoms with van der Waals surface area (Å²) >= 11 is 8.82. The van der Waals surface area contributed by atoms with Gasteiger partial charge >= 0.3 is 0 Å². The van der Waals surface area contributed by atoms with Crippen molar-refractivity contribution in [3.8, 4) is 0 Å². The lowest BCUT2D eigenvalue weighted by Crippen LogP contribution is -1.86. The van der Waals surface area contributed by atoms with E-state index in [0.29, 0.717) is 5.92 Å². The molecule has 0 N–H and O–H groups in total. The molecule has 0 amide bonds. The van der Waals surface area contributed by atoms with E-state index < -0.39 is 0 Å². The van der Waals surface area contributed by atoms with Crippen molar-refractivity contribution in [1.82, 2.24) is 0 Å². The lowest BCUT2D eigenvalue weighted by atomic mass is 10.1. The normalized spacial score (nSPS) is 13.5. The average molecular weight is 298 g/mol. The molecule has 0 nitrogen and oxygen atoms in total. The number of thiophene rings is 1. The topological polar surface area (TPSA) is 0 Å². The Hall–Kier alpha value is 0.660. The van der Waals surface area contributed by atoms with Crippen molar-refractivity contribution in [3.05, 3.63) is 19.2 Å². The first kappa shape index (κ1) is 9.75. The van der Waals surface area contributed by atoms with E-state index in [2.05, 4.69) is 51.8 Å². The van der Waals surface area contributed by atoms with E-state index in [1.165, 1.54) is 19.6 Å². The van der Waals surface area contributed by atoms with Crippen LogP contribution in [-0.2, 0) is 0 Å². The van der Waals surface area contributed by atoms with Crippen LogP contribution in [0.15, 0.2) is 14.3 Å². The molecule has 1 atom stereocenters. The first-order valence-corrected chi connectivity index (χ1v) is 6.00. The molecule has 1 unspecified atom stereocenters. The lowest BCUT2D eigenvalue weighted by Gasteiger charge is -2.04. The predicted octanol–water partition coefficient (Wildman–Crippen LogP) is 4.79. The van der Waals surface area contributed by atoms with Crippen LogP contribution in [-0.4, -0.2) is 0 Å². The Morgan fingerprint density at radius 2 is 2.18 bits per heavy atom. The van der Waals surface area contributed by atoms with Gasteiger partial charge in [-0.1, -0.05) is 13.8 Å². The second kappa shape index (κ2) is 4.06. The third-order valence-corrected chi connectivity index (χ3v) is 4.53. The fraction of sp³-hybridized carbons (Fsp3) is 0.500.